The number of anilines is 2. The summed E-state index contributed by atoms with van der Waals surface area (Å²) in [5, 5.41) is 3.60. The van der Waals surface area contributed by atoms with E-state index in [0.717, 1.165) is 16.8 Å². The number of amides is 3. The molecule has 3 aromatic carbocycles. The monoisotopic (exact) mass is 521 g/mol. The second-order valence-electron chi connectivity index (χ2n) is 9.22. The standard InChI is InChI=1S/C28H28ClN3O3S/c1-18(2)19-8-10-21(11-9-19)30-27(34)32-14-15-36-28(32)23-16-22(35-3)12-13-25(23)31(26(28)33)17-20-6-4-5-7-24(20)29/h4-13,16,18H,14-15,17H2,1-3H3,(H,30,34)/t28-/m0/s1. The predicted octanol–water partition coefficient (Wildman–Crippen LogP) is 6.45. The molecule has 6 nitrogen and oxygen atoms in total. The second kappa shape index (κ2) is 9.71. The first-order valence-electron chi connectivity index (χ1n) is 11.9. The Hall–Kier alpha value is -3.16. The summed E-state index contributed by atoms with van der Waals surface area (Å²) in [7, 11) is 1.60. The molecule has 0 aliphatic carbocycles. The van der Waals surface area contributed by atoms with E-state index in [1.165, 1.54) is 17.3 Å². The molecule has 0 unspecified atom stereocenters. The molecule has 8 heteroatoms. The van der Waals surface area contributed by atoms with Crippen molar-refractivity contribution in [1.82, 2.24) is 4.90 Å². The van der Waals surface area contributed by atoms with Crippen LogP contribution in [0.3, 0.4) is 0 Å². The number of urea groups is 1. The van der Waals surface area contributed by atoms with E-state index >= 15 is 0 Å². The number of rotatable bonds is 5. The number of benzene rings is 3. The summed E-state index contributed by atoms with van der Waals surface area (Å²) in [6.45, 7) is 5.02. The molecule has 0 saturated carbocycles. The van der Waals surface area contributed by atoms with Gasteiger partial charge in [0.05, 0.1) is 19.3 Å². The zero-order valence-corrected chi connectivity index (χ0v) is 22.0. The number of ether oxygens (including phenoxy) is 1. The Balaban J connectivity index is 1.51. The van der Waals surface area contributed by atoms with E-state index in [2.05, 4.69) is 19.2 Å². The summed E-state index contributed by atoms with van der Waals surface area (Å²) < 4.78 is 5.49. The minimum Gasteiger partial charge on any atom is -0.497 e. The number of carbonyl (C=O) groups is 2. The number of nitrogens with zero attached hydrogens (tertiary/aromatic N) is 2. The lowest BCUT2D eigenvalue weighted by atomic mass is 10.0. The summed E-state index contributed by atoms with van der Waals surface area (Å²) in [4.78, 5) is 30.0. The minimum atomic E-state index is -1.17. The van der Waals surface area contributed by atoms with Gasteiger partial charge in [0.2, 0.25) is 0 Å². The number of fused-ring (bicyclic) bond motifs is 2. The lowest BCUT2D eigenvalue weighted by Gasteiger charge is -2.33. The molecule has 3 aromatic rings. The fourth-order valence-electron chi connectivity index (χ4n) is 4.82. The molecule has 0 radical (unpaired) electrons. The molecule has 2 aliphatic heterocycles. The molecule has 36 heavy (non-hydrogen) atoms. The number of hydrogen-bond acceptors (Lipinski definition) is 4. The lowest BCUT2D eigenvalue weighted by molar-refractivity contribution is -0.123. The van der Waals surface area contributed by atoms with E-state index in [1.807, 2.05) is 66.7 Å². The number of carbonyl (C=O) groups excluding carboxylic acids is 2. The van der Waals surface area contributed by atoms with Crippen LogP contribution in [-0.2, 0) is 16.2 Å². The topological polar surface area (TPSA) is 61.9 Å². The highest BCUT2D eigenvalue weighted by molar-refractivity contribution is 8.01. The van der Waals surface area contributed by atoms with Gasteiger partial charge in [-0.25, -0.2) is 4.79 Å². The van der Waals surface area contributed by atoms with Crippen LogP contribution in [0.1, 0.15) is 36.5 Å². The van der Waals surface area contributed by atoms with Crippen LogP contribution >= 0.6 is 23.4 Å². The van der Waals surface area contributed by atoms with E-state index in [-0.39, 0.29) is 11.9 Å². The quantitative estimate of drug-likeness (QED) is 0.419. The van der Waals surface area contributed by atoms with E-state index < -0.39 is 4.87 Å². The number of methoxy groups -OCH3 is 1. The van der Waals surface area contributed by atoms with Gasteiger partial charge in [-0.15, -0.1) is 11.8 Å². The molecule has 1 atom stereocenters. The highest BCUT2D eigenvalue weighted by Crippen LogP contribution is 2.55. The van der Waals surface area contributed by atoms with Gasteiger partial charge in [-0.3, -0.25) is 9.69 Å². The molecule has 1 spiro atoms. The average molecular weight is 522 g/mol. The molecule has 186 valence electrons. The highest BCUT2D eigenvalue weighted by atomic mass is 35.5. The highest BCUT2D eigenvalue weighted by Gasteiger charge is 2.59. The van der Waals surface area contributed by atoms with Gasteiger partial charge in [0.25, 0.3) is 5.91 Å². The second-order valence-corrected chi connectivity index (χ2v) is 10.9. The van der Waals surface area contributed by atoms with Crippen LogP contribution in [0.15, 0.2) is 66.7 Å². The van der Waals surface area contributed by atoms with Gasteiger partial charge in [0, 0.05) is 28.6 Å². The first-order valence-corrected chi connectivity index (χ1v) is 13.3. The van der Waals surface area contributed by atoms with E-state index in [1.54, 1.807) is 16.9 Å². The Morgan fingerprint density at radius 2 is 1.89 bits per heavy atom. The van der Waals surface area contributed by atoms with Crippen LogP contribution in [0.5, 0.6) is 5.75 Å². The van der Waals surface area contributed by atoms with Crippen LogP contribution in [0, 0.1) is 0 Å². The first kappa shape index (κ1) is 24.5. The zero-order valence-electron chi connectivity index (χ0n) is 20.5. The first-order chi connectivity index (χ1) is 17.3. The Labute approximate surface area is 220 Å². The van der Waals surface area contributed by atoms with Gasteiger partial charge < -0.3 is 15.0 Å². The van der Waals surface area contributed by atoms with Gasteiger partial charge >= 0.3 is 6.03 Å². The summed E-state index contributed by atoms with van der Waals surface area (Å²) in [5.41, 5.74) is 4.25. The van der Waals surface area contributed by atoms with Gasteiger partial charge in [-0.05, 0) is 53.4 Å². The van der Waals surface area contributed by atoms with Crippen molar-refractivity contribution in [3.63, 3.8) is 0 Å². The van der Waals surface area contributed by atoms with Crippen LogP contribution < -0.4 is 15.0 Å². The summed E-state index contributed by atoms with van der Waals surface area (Å²) >= 11 is 7.92. The van der Waals surface area contributed by atoms with Crippen molar-refractivity contribution < 1.29 is 14.3 Å². The molecule has 1 saturated heterocycles. The fraction of sp³-hybridized carbons (Fsp3) is 0.286. The number of nitrogens with one attached hydrogen (secondary N) is 1. The third-order valence-corrected chi connectivity index (χ3v) is 8.55. The van der Waals surface area contributed by atoms with Crippen LogP contribution in [0.4, 0.5) is 16.2 Å². The molecular weight excluding hydrogens is 494 g/mol. The molecule has 3 amide bonds. The van der Waals surface area contributed by atoms with Crippen molar-refractivity contribution in [2.45, 2.75) is 31.2 Å². The van der Waals surface area contributed by atoms with Crippen molar-refractivity contribution in [3.8, 4) is 5.75 Å². The third kappa shape index (κ3) is 4.10. The molecule has 1 N–H and O–H groups in total. The maximum absolute atomic E-state index is 14.2. The summed E-state index contributed by atoms with van der Waals surface area (Å²) in [5.74, 6) is 1.53. The normalized spacial score (nSPS) is 18.8. The van der Waals surface area contributed by atoms with Crippen molar-refractivity contribution in [2.24, 2.45) is 0 Å². The van der Waals surface area contributed by atoms with Crippen molar-refractivity contribution in [3.05, 3.63) is 88.4 Å². The van der Waals surface area contributed by atoms with Crippen LogP contribution in [-0.4, -0.2) is 36.2 Å². The van der Waals surface area contributed by atoms with Gasteiger partial charge in [0.15, 0.2) is 4.87 Å². The maximum atomic E-state index is 14.2. The zero-order chi connectivity index (χ0) is 25.4. The maximum Gasteiger partial charge on any atom is 0.323 e. The number of thioether (sulfide) groups is 1. The number of halogens is 1. The molecule has 2 aliphatic rings. The SMILES string of the molecule is COc1ccc2c(c1)[C@]1(SCCN1C(=O)Nc1ccc(C(C)C)cc1)C(=O)N2Cc1ccccc1Cl. The number of hydrogen-bond donors (Lipinski definition) is 1. The largest absolute Gasteiger partial charge is 0.497 e. The summed E-state index contributed by atoms with van der Waals surface area (Å²) in [6.07, 6.45) is 0. The van der Waals surface area contributed by atoms with E-state index in [4.69, 9.17) is 16.3 Å². The van der Waals surface area contributed by atoms with Crippen LogP contribution in [0.25, 0.3) is 0 Å². The molecule has 1 fully saturated rings. The predicted molar refractivity (Wildman–Crippen MR) is 146 cm³/mol. The average Bonchev–Trinajstić information content (AvgIpc) is 3.42. The smallest absolute Gasteiger partial charge is 0.323 e. The van der Waals surface area contributed by atoms with Crippen LogP contribution in [0.2, 0.25) is 5.02 Å². The Kier molecular flexibility index (Phi) is 6.62. The molecular formula is C28H28ClN3O3S. The molecule has 0 aromatic heterocycles. The van der Waals surface area contributed by atoms with Gasteiger partial charge in [0.1, 0.15) is 5.75 Å². The van der Waals surface area contributed by atoms with Crippen molar-refractivity contribution in [1.29, 1.82) is 0 Å². The van der Waals surface area contributed by atoms with Gasteiger partial charge in [-0.2, -0.15) is 0 Å². The van der Waals surface area contributed by atoms with Crippen molar-refractivity contribution in [2.75, 3.05) is 29.6 Å². The molecule has 2 heterocycles. The lowest BCUT2D eigenvalue weighted by Crippen LogP contribution is -2.51. The Bertz CT molecular complexity index is 1310. The summed E-state index contributed by atoms with van der Waals surface area (Å²) in [6, 6.07) is 20.6. The fourth-order valence-corrected chi connectivity index (χ4v) is 6.47. The Morgan fingerprint density at radius 1 is 1.14 bits per heavy atom. The third-order valence-electron chi connectivity index (χ3n) is 6.76. The van der Waals surface area contributed by atoms with Gasteiger partial charge in [-0.1, -0.05) is 55.8 Å². The molecule has 0 bridgehead atoms. The van der Waals surface area contributed by atoms with E-state index in [0.29, 0.717) is 41.2 Å². The van der Waals surface area contributed by atoms with E-state index in [9.17, 15) is 9.59 Å². The minimum absolute atomic E-state index is 0.154. The molecule has 5 rings (SSSR count). The Morgan fingerprint density at radius 3 is 2.58 bits per heavy atom. The van der Waals surface area contributed by atoms with Crippen molar-refractivity contribution >= 4 is 46.7 Å².